The zero-order valence-electron chi connectivity index (χ0n) is 10.2. The number of rotatable bonds is 2. The predicted molar refractivity (Wildman–Crippen MR) is 57.7 cm³/mol. The Morgan fingerprint density at radius 3 is 2.07 bits per heavy atom. The van der Waals surface area contributed by atoms with Crippen molar-refractivity contribution in [2.75, 3.05) is 26.3 Å². The summed E-state index contributed by atoms with van der Waals surface area (Å²) in [5.41, 5.74) is 0.339. The molecule has 0 radical (unpaired) electrons. The van der Waals surface area contributed by atoms with E-state index >= 15 is 0 Å². The Morgan fingerprint density at radius 2 is 1.71 bits per heavy atom. The molecule has 0 aromatic rings. The molecule has 0 bridgehead atoms. The summed E-state index contributed by atoms with van der Waals surface area (Å²) >= 11 is 0. The molecule has 0 amide bonds. The number of hydrogen-bond donors (Lipinski definition) is 0. The Labute approximate surface area is 95.1 Å². The van der Waals surface area contributed by atoms with Gasteiger partial charge in [0, 0.05) is 25.2 Å². The highest BCUT2D eigenvalue weighted by Gasteiger charge is 2.28. The zero-order chi connectivity index (χ0) is 10.1. The van der Waals surface area contributed by atoms with Crippen LogP contribution >= 0.6 is 0 Å². The van der Waals surface area contributed by atoms with Crippen LogP contribution in [-0.2, 0) is 0 Å². The van der Waals surface area contributed by atoms with Gasteiger partial charge in [0.15, 0.2) is 0 Å². The minimum Gasteiger partial charge on any atom is -1.00 e. The van der Waals surface area contributed by atoms with Gasteiger partial charge in [-0.15, -0.1) is 0 Å². The molecular weight excluding hydrogens is 196 g/mol. The van der Waals surface area contributed by atoms with Crippen molar-refractivity contribution in [3.63, 3.8) is 0 Å². The SMILES string of the molecule is CC(C)CN1CCN(C(C)(C)C)C1.[Cl-]. The van der Waals surface area contributed by atoms with Gasteiger partial charge in [-0.2, -0.15) is 0 Å². The van der Waals surface area contributed by atoms with Crippen LogP contribution in [0.4, 0.5) is 0 Å². The maximum Gasteiger partial charge on any atom is 0.0512 e. The van der Waals surface area contributed by atoms with Crippen LogP contribution in [0, 0.1) is 5.92 Å². The molecule has 0 N–H and O–H groups in total. The van der Waals surface area contributed by atoms with E-state index in [0.717, 1.165) is 12.6 Å². The second-order valence-electron chi connectivity index (χ2n) is 5.55. The molecule has 1 fully saturated rings. The van der Waals surface area contributed by atoms with Crippen molar-refractivity contribution in [1.29, 1.82) is 0 Å². The van der Waals surface area contributed by atoms with Gasteiger partial charge in [0.2, 0.25) is 0 Å². The fraction of sp³-hybridized carbons (Fsp3) is 1.00. The highest BCUT2D eigenvalue weighted by molar-refractivity contribution is 4.82. The molecule has 1 aliphatic rings. The number of hydrogen-bond acceptors (Lipinski definition) is 2. The normalized spacial score (nSPS) is 20.1. The van der Waals surface area contributed by atoms with Gasteiger partial charge in [-0.3, -0.25) is 9.80 Å². The topological polar surface area (TPSA) is 6.48 Å². The molecule has 1 aliphatic heterocycles. The van der Waals surface area contributed by atoms with Crippen LogP contribution in [0.5, 0.6) is 0 Å². The molecule has 3 heteroatoms. The molecule has 2 nitrogen and oxygen atoms in total. The standard InChI is InChI=1S/C11H24N2.ClH/c1-10(2)8-12-6-7-13(9-12)11(3,4)5;/h10H,6-9H2,1-5H3;1H/p-1. The van der Waals surface area contributed by atoms with E-state index in [0.29, 0.717) is 5.54 Å². The first kappa shape index (κ1) is 14.2. The van der Waals surface area contributed by atoms with Gasteiger partial charge >= 0.3 is 0 Å². The highest BCUT2D eigenvalue weighted by atomic mass is 35.5. The second-order valence-corrected chi connectivity index (χ2v) is 5.55. The van der Waals surface area contributed by atoms with E-state index in [1.807, 2.05) is 0 Å². The average Bonchev–Trinajstić information content (AvgIpc) is 2.32. The van der Waals surface area contributed by atoms with Crippen molar-refractivity contribution in [3.05, 3.63) is 0 Å². The minimum absolute atomic E-state index is 0. The van der Waals surface area contributed by atoms with Crippen LogP contribution < -0.4 is 12.4 Å². The van der Waals surface area contributed by atoms with Crippen LogP contribution in [-0.4, -0.2) is 41.6 Å². The molecule has 0 aromatic carbocycles. The lowest BCUT2D eigenvalue weighted by atomic mass is 10.1. The van der Waals surface area contributed by atoms with Gasteiger partial charge in [0.1, 0.15) is 0 Å². The summed E-state index contributed by atoms with van der Waals surface area (Å²) in [6, 6.07) is 0. The van der Waals surface area contributed by atoms with E-state index in [4.69, 9.17) is 0 Å². The van der Waals surface area contributed by atoms with Gasteiger partial charge in [-0.25, -0.2) is 0 Å². The molecule has 86 valence electrons. The quantitative estimate of drug-likeness (QED) is 0.589. The lowest BCUT2D eigenvalue weighted by Gasteiger charge is -2.31. The molecule has 0 aromatic heterocycles. The predicted octanol–water partition coefficient (Wildman–Crippen LogP) is -0.980. The highest BCUT2D eigenvalue weighted by Crippen LogP contribution is 2.18. The Bertz CT molecular complexity index is 163. The van der Waals surface area contributed by atoms with Gasteiger partial charge in [0.25, 0.3) is 0 Å². The summed E-state index contributed by atoms with van der Waals surface area (Å²) in [4.78, 5) is 5.10. The summed E-state index contributed by atoms with van der Waals surface area (Å²) in [7, 11) is 0. The van der Waals surface area contributed by atoms with Crippen LogP contribution in [0.25, 0.3) is 0 Å². The fourth-order valence-electron chi connectivity index (χ4n) is 1.86. The van der Waals surface area contributed by atoms with Crippen molar-refractivity contribution in [2.24, 2.45) is 5.92 Å². The first-order chi connectivity index (χ1) is 5.89. The molecule has 0 saturated carbocycles. The molecule has 1 saturated heterocycles. The molecule has 14 heavy (non-hydrogen) atoms. The van der Waals surface area contributed by atoms with Crippen molar-refractivity contribution in [3.8, 4) is 0 Å². The second kappa shape index (κ2) is 5.34. The largest absolute Gasteiger partial charge is 1.00 e. The summed E-state index contributed by atoms with van der Waals surface area (Å²) in [6.45, 7) is 16.4. The van der Waals surface area contributed by atoms with Crippen molar-refractivity contribution >= 4 is 0 Å². The summed E-state index contributed by atoms with van der Waals surface area (Å²) in [5, 5.41) is 0. The molecule has 0 aliphatic carbocycles. The third-order valence-electron chi connectivity index (χ3n) is 2.63. The number of nitrogens with zero attached hydrogens (tertiary/aromatic N) is 2. The van der Waals surface area contributed by atoms with Crippen molar-refractivity contribution in [2.45, 2.75) is 40.2 Å². The van der Waals surface area contributed by atoms with E-state index in [1.54, 1.807) is 0 Å². The smallest absolute Gasteiger partial charge is 0.0512 e. The molecule has 0 unspecified atom stereocenters. The third kappa shape index (κ3) is 4.16. The Hall–Kier alpha value is 0.210. The van der Waals surface area contributed by atoms with E-state index in [-0.39, 0.29) is 12.4 Å². The van der Waals surface area contributed by atoms with E-state index in [2.05, 4.69) is 44.4 Å². The molecular formula is C11H24ClN2-. The minimum atomic E-state index is 0. The molecule has 1 rings (SSSR count). The Balaban J connectivity index is 0.00000169. The van der Waals surface area contributed by atoms with Gasteiger partial charge in [-0.1, -0.05) is 13.8 Å². The maximum absolute atomic E-state index is 2.55. The van der Waals surface area contributed by atoms with E-state index in [9.17, 15) is 0 Å². The summed E-state index contributed by atoms with van der Waals surface area (Å²) in [6.07, 6.45) is 0. The van der Waals surface area contributed by atoms with Crippen LogP contribution in [0.2, 0.25) is 0 Å². The maximum atomic E-state index is 2.55. The monoisotopic (exact) mass is 219 g/mol. The van der Waals surface area contributed by atoms with Gasteiger partial charge < -0.3 is 12.4 Å². The summed E-state index contributed by atoms with van der Waals surface area (Å²) < 4.78 is 0. The first-order valence-corrected chi connectivity index (χ1v) is 5.37. The molecule has 0 atom stereocenters. The first-order valence-electron chi connectivity index (χ1n) is 5.37. The summed E-state index contributed by atoms with van der Waals surface area (Å²) in [5.74, 6) is 0.792. The van der Waals surface area contributed by atoms with Gasteiger partial charge in [0.05, 0.1) is 6.67 Å². The lowest BCUT2D eigenvalue weighted by molar-refractivity contribution is -0.00000400. The third-order valence-corrected chi connectivity index (χ3v) is 2.63. The Morgan fingerprint density at radius 1 is 1.14 bits per heavy atom. The van der Waals surface area contributed by atoms with Crippen LogP contribution in [0.15, 0.2) is 0 Å². The van der Waals surface area contributed by atoms with Crippen molar-refractivity contribution < 1.29 is 12.4 Å². The van der Waals surface area contributed by atoms with E-state index in [1.165, 1.54) is 19.6 Å². The average molecular weight is 220 g/mol. The molecule has 0 spiro atoms. The Kier molecular flexibility index (Phi) is 5.42. The van der Waals surface area contributed by atoms with Gasteiger partial charge in [-0.05, 0) is 26.7 Å². The zero-order valence-corrected chi connectivity index (χ0v) is 10.9. The van der Waals surface area contributed by atoms with Crippen LogP contribution in [0.3, 0.4) is 0 Å². The van der Waals surface area contributed by atoms with Crippen LogP contribution in [0.1, 0.15) is 34.6 Å². The molecule has 1 heterocycles. The fourth-order valence-corrected chi connectivity index (χ4v) is 1.86. The van der Waals surface area contributed by atoms with Crippen molar-refractivity contribution in [1.82, 2.24) is 9.80 Å². The number of halogens is 1. The van der Waals surface area contributed by atoms with E-state index < -0.39 is 0 Å². The lowest BCUT2D eigenvalue weighted by Crippen LogP contribution is -3.00.